The van der Waals surface area contributed by atoms with Gasteiger partial charge in [-0.15, -0.1) is 0 Å². The van der Waals surface area contributed by atoms with Crippen LogP contribution in [0.5, 0.6) is 6.01 Å². The Kier molecular flexibility index (Phi) is 4.12. The third-order valence-electron chi connectivity index (χ3n) is 2.48. The molecule has 0 unspecified atom stereocenters. The molecule has 0 aliphatic carbocycles. The van der Waals surface area contributed by atoms with Gasteiger partial charge < -0.3 is 15.8 Å². The number of anilines is 2. The maximum absolute atomic E-state index is 5.60. The number of nitrogens with one attached hydrogen (secondary N) is 1. The normalized spacial score (nSPS) is 10.2. The molecule has 0 atom stereocenters. The molecule has 0 saturated heterocycles. The monoisotopic (exact) mass is 259 g/mol. The van der Waals surface area contributed by atoms with Crippen molar-refractivity contribution in [2.24, 2.45) is 0 Å². The number of nitrogen functional groups attached to an aromatic ring is 1. The molecule has 0 amide bonds. The molecular weight excluding hydrogens is 242 g/mol. The van der Waals surface area contributed by atoms with Crippen molar-refractivity contribution < 1.29 is 4.74 Å². The van der Waals surface area contributed by atoms with Gasteiger partial charge in [-0.05, 0) is 19.4 Å². The largest absolute Gasteiger partial charge is 0.464 e. The Morgan fingerprint density at radius 1 is 1.16 bits per heavy atom. The van der Waals surface area contributed by atoms with Gasteiger partial charge in [0.2, 0.25) is 11.9 Å². The van der Waals surface area contributed by atoms with Gasteiger partial charge in [-0.2, -0.15) is 15.0 Å². The fraction of sp³-hybridized carbons (Fsp3) is 0.308. The number of nitrogens with zero attached hydrogens (tertiary/aromatic N) is 3. The summed E-state index contributed by atoms with van der Waals surface area (Å²) in [5.74, 6) is 0.557. The number of ether oxygens (including phenoxy) is 1. The molecule has 1 heterocycles. The van der Waals surface area contributed by atoms with E-state index in [0.717, 1.165) is 5.56 Å². The topological polar surface area (TPSA) is 86.0 Å². The summed E-state index contributed by atoms with van der Waals surface area (Å²) in [5.41, 5.74) is 7.97. The highest BCUT2D eigenvalue weighted by Crippen LogP contribution is 2.10. The van der Waals surface area contributed by atoms with Crippen LogP contribution in [0.15, 0.2) is 24.3 Å². The maximum atomic E-state index is 5.60. The molecule has 1 aromatic heterocycles. The van der Waals surface area contributed by atoms with Gasteiger partial charge in [0, 0.05) is 6.54 Å². The Morgan fingerprint density at radius 3 is 2.58 bits per heavy atom. The van der Waals surface area contributed by atoms with Crippen molar-refractivity contribution in [2.45, 2.75) is 20.4 Å². The van der Waals surface area contributed by atoms with Crippen molar-refractivity contribution in [1.29, 1.82) is 0 Å². The van der Waals surface area contributed by atoms with E-state index in [2.05, 4.69) is 51.5 Å². The number of benzene rings is 1. The Labute approximate surface area is 112 Å². The second-order valence-electron chi connectivity index (χ2n) is 4.07. The molecule has 3 N–H and O–H groups in total. The van der Waals surface area contributed by atoms with Gasteiger partial charge >= 0.3 is 6.01 Å². The zero-order valence-electron chi connectivity index (χ0n) is 11.1. The van der Waals surface area contributed by atoms with E-state index in [1.807, 2.05) is 6.92 Å². The number of aryl methyl sites for hydroxylation is 1. The third-order valence-corrected chi connectivity index (χ3v) is 2.48. The zero-order valence-corrected chi connectivity index (χ0v) is 11.1. The zero-order chi connectivity index (χ0) is 13.7. The van der Waals surface area contributed by atoms with Crippen LogP contribution in [0.25, 0.3) is 0 Å². The summed E-state index contributed by atoms with van der Waals surface area (Å²) >= 11 is 0. The van der Waals surface area contributed by atoms with Crippen molar-refractivity contribution in [3.63, 3.8) is 0 Å². The Balaban J connectivity index is 2.04. The standard InChI is InChI=1S/C13H17N5O/c1-3-19-13-17-11(14)16-12(18-13)15-8-10-6-4-9(2)5-7-10/h4-7H,3,8H2,1-2H3,(H3,14,15,16,17,18). The second kappa shape index (κ2) is 5.99. The van der Waals surface area contributed by atoms with Crippen LogP contribution in [0.3, 0.4) is 0 Å². The molecule has 1 aromatic carbocycles. The van der Waals surface area contributed by atoms with Crippen LogP contribution in [0.2, 0.25) is 0 Å². The van der Waals surface area contributed by atoms with Gasteiger partial charge in [0.05, 0.1) is 6.61 Å². The van der Waals surface area contributed by atoms with Crippen LogP contribution in [0.4, 0.5) is 11.9 Å². The first-order valence-corrected chi connectivity index (χ1v) is 6.11. The predicted molar refractivity (Wildman–Crippen MR) is 73.9 cm³/mol. The fourth-order valence-electron chi connectivity index (χ4n) is 1.53. The predicted octanol–water partition coefficient (Wildman–Crippen LogP) is 1.77. The van der Waals surface area contributed by atoms with E-state index in [4.69, 9.17) is 10.5 Å². The van der Waals surface area contributed by atoms with Crippen LogP contribution in [-0.4, -0.2) is 21.6 Å². The van der Waals surface area contributed by atoms with E-state index in [-0.39, 0.29) is 12.0 Å². The minimum absolute atomic E-state index is 0.143. The number of nitrogens with two attached hydrogens (primary N) is 1. The SMILES string of the molecule is CCOc1nc(N)nc(NCc2ccc(C)cc2)n1. The van der Waals surface area contributed by atoms with Crippen molar-refractivity contribution in [3.05, 3.63) is 35.4 Å². The quantitative estimate of drug-likeness (QED) is 0.851. The van der Waals surface area contributed by atoms with E-state index in [0.29, 0.717) is 19.1 Å². The van der Waals surface area contributed by atoms with Crippen LogP contribution in [-0.2, 0) is 6.54 Å². The molecule has 6 heteroatoms. The summed E-state index contributed by atoms with van der Waals surface area (Å²) in [7, 11) is 0. The van der Waals surface area contributed by atoms with Gasteiger partial charge in [-0.1, -0.05) is 29.8 Å². The van der Waals surface area contributed by atoms with E-state index < -0.39 is 0 Å². The molecule has 0 bridgehead atoms. The lowest BCUT2D eigenvalue weighted by molar-refractivity contribution is 0.312. The second-order valence-corrected chi connectivity index (χ2v) is 4.07. The highest BCUT2D eigenvalue weighted by molar-refractivity contribution is 5.34. The molecule has 100 valence electrons. The summed E-state index contributed by atoms with van der Waals surface area (Å²) in [6.45, 7) is 5.02. The van der Waals surface area contributed by atoms with Gasteiger partial charge in [0.15, 0.2) is 0 Å². The molecule has 0 fully saturated rings. The van der Waals surface area contributed by atoms with E-state index in [9.17, 15) is 0 Å². The fourth-order valence-corrected chi connectivity index (χ4v) is 1.53. The van der Waals surface area contributed by atoms with Crippen LogP contribution in [0, 0.1) is 6.92 Å². The Bertz CT molecular complexity index is 541. The summed E-state index contributed by atoms with van der Waals surface area (Å²) in [6, 6.07) is 8.46. The minimum atomic E-state index is 0.143. The first-order chi connectivity index (χ1) is 9.17. The number of hydrogen-bond donors (Lipinski definition) is 2. The lowest BCUT2D eigenvalue weighted by Gasteiger charge is -2.07. The average molecular weight is 259 g/mol. The smallest absolute Gasteiger partial charge is 0.323 e. The molecule has 2 aromatic rings. The van der Waals surface area contributed by atoms with E-state index in [1.54, 1.807) is 0 Å². The molecule has 2 rings (SSSR count). The third kappa shape index (κ3) is 3.80. The van der Waals surface area contributed by atoms with Crippen LogP contribution < -0.4 is 15.8 Å². The highest BCUT2D eigenvalue weighted by atomic mass is 16.5. The summed E-state index contributed by atoms with van der Waals surface area (Å²) in [4.78, 5) is 12.0. The van der Waals surface area contributed by atoms with Crippen molar-refractivity contribution >= 4 is 11.9 Å². The van der Waals surface area contributed by atoms with Crippen molar-refractivity contribution in [2.75, 3.05) is 17.7 Å². The molecule has 19 heavy (non-hydrogen) atoms. The van der Waals surface area contributed by atoms with E-state index >= 15 is 0 Å². The van der Waals surface area contributed by atoms with E-state index in [1.165, 1.54) is 5.56 Å². The number of hydrogen-bond acceptors (Lipinski definition) is 6. The Morgan fingerprint density at radius 2 is 1.89 bits per heavy atom. The van der Waals surface area contributed by atoms with Crippen LogP contribution >= 0.6 is 0 Å². The first kappa shape index (κ1) is 13.1. The van der Waals surface area contributed by atoms with Crippen molar-refractivity contribution in [1.82, 2.24) is 15.0 Å². The summed E-state index contributed by atoms with van der Waals surface area (Å²) in [5, 5.41) is 3.10. The molecule has 0 saturated carbocycles. The number of aromatic nitrogens is 3. The average Bonchev–Trinajstić information content (AvgIpc) is 2.38. The highest BCUT2D eigenvalue weighted by Gasteiger charge is 2.04. The molecule has 6 nitrogen and oxygen atoms in total. The van der Waals surface area contributed by atoms with Gasteiger partial charge in [0.1, 0.15) is 0 Å². The maximum Gasteiger partial charge on any atom is 0.323 e. The molecule has 0 spiro atoms. The van der Waals surface area contributed by atoms with Gasteiger partial charge in [-0.3, -0.25) is 0 Å². The lowest BCUT2D eigenvalue weighted by Crippen LogP contribution is -2.09. The summed E-state index contributed by atoms with van der Waals surface area (Å²) in [6.07, 6.45) is 0. The number of rotatable bonds is 5. The Hall–Kier alpha value is -2.37. The summed E-state index contributed by atoms with van der Waals surface area (Å²) < 4.78 is 5.21. The lowest BCUT2D eigenvalue weighted by atomic mass is 10.1. The van der Waals surface area contributed by atoms with Crippen molar-refractivity contribution in [3.8, 4) is 6.01 Å². The minimum Gasteiger partial charge on any atom is -0.464 e. The molecule has 0 radical (unpaired) electrons. The molecule has 0 aliphatic heterocycles. The van der Waals surface area contributed by atoms with Gasteiger partial charge in [-0.25, -0.2) is 0 Å². The molecule has 0 aliphatic rings. The molecular formula is C13H17N5O. The van der Waals surface area contributed by atoms with Crippen LogP contribution in [0.1, 0.15) is 18.1 Å². The van der Waals surface area contributed by atoms with Gasteiger partial charge in [0.25, 0.3) is 0 Å². The first-order valence-electron chi connectivity index (χ1n) is 6.11.